The normalized spacial score (nSPS) is 14.3. The molecule has 2 heterocycles. The van der Waals surface area contributed by atoms with Crippen molar-refractivity contribution in [3.05, 3.63) is 65.5 Å². The molecule has 0 atom stereocenters. The zero-order valence-electron chi connectivity index (χ0n) is 18.6. The second-order valence-electron chi connectivity index (χ2n) is 8.04. The third kappa shape index (κ3) is 5.04. The Balaban J connectivity index is 1.34. The summed E-state index contributed by atoms with van der Waals surface area (Å²) in [6.45, 7) is 6.51. The Morgan fingerprint density at radius 2 is 1.56 bits per heavy atom. The summed E-state index contributed by atoms with van der Waals surface area (Å²) in [5.41, 5.74) is 3.87. The van der Waals surface area contributed by atoms with Crippen molar-refractivity contribution in [2.75, 3.05) is 32.8 Å². The van der Waals surface area contributed by atoms with Crippen LogP contribution < -0.4 is 4.74 Å². The molecule has 1 aliphatic rings. The van der Waals surface area contributed by atoms with Crippen LogP contribution in [0.1, 0.15) is 34.6 Å². The van der Waals surface area contributed by atoms with E-state index >= 15 is 0 Å². The molecule has 0 unspecified atom stereocenters. The summed E-state index contributed by atoms with van der Waals surface area (Å²) in [5, 5.41) is 0. The van der Waals surface area contributed by atoms with Gasteiger partial charge in [-0.2, -0.15) is 0 Å². The summed E-state index contributed by atoms with van der Waals surface area (Å²) in [6, 6.07) is 15.0. The summed E-state index contributed by atoms with van der Waals surface area (Å²) in [7, 11) is 0. The highest BCUT2D eigenvalue weighted by Crippen LogP contribution is 2.17. The molecule has 2 aromatic carbocycles. The minimum absolute atomic E-state index is 0.0337. The minimum atomic E-state index is -0.0337. The van der Waals surface area contributed by atoms with Gasteiger partial charge in [-0.1, -0.05) is 18.2 Å². The third-order valence-corrected chi connectivity index (χ3v) is 5.79. The monoisotopic (exact) mass is 432 g/mol. The quantitative estimate of drug-likeness (QED) is 0.618. The number of hydrogen-bond acceptors (Lipinski definition) is 5. The minimum Gasteiger partial charge on any atom is -0.493 e. The lowest BCUT2D eigenvalue weighted by Crippen LogP contribution is -2.37. The van der Waals surface area contributed by atoms with Gasteiger partial charge in [0.05, 0.1) is 35.4 Å². The predicted octanol–water partition coefficient (Wildman–Crippen LogP) is 3.39. The highest BCUT2D eigenvalue weighted by Gasteiger charge is 2.23. The topological polar surface area (TPSA) is 75.6 Å². The van der Waals surface area contributed by atoms with Crippen molar-refractivity contribution in [3.8, 4) is 5.75 Å². The van der Waals surface area contributed by atoms with E-state index in [4.69, 9.17) is 4.74 Å². The van der Waals surface area contributed by atoms with Gasteiger partial charge in [0, 0.05) is 31.7 Å². The van der Waals surface area contributed by atoms with E-state index in [1.165, 1.54) is 0 Å². The Kier molecular flexibility index (Phi) is 6.63. The van der Waals surface area contributed by atoms with E-state index in [0.29, 0.717) is 44.8 Å². The molecule has 0 N–H and O–H groups in total. The van der Waals surface area contributed by atoms with Crippen molar-refractivity contribution >= 4 is 22.8 Å². The fraction of sp³-hybridized carbons (Fsp3) is 0.360. The first-order chi connectivity index (χ1) is 15.5. The van der Waals surface area contributed by atoms with Crippen LogP contribution in [0.15, 0.2) is 48.5 Å². The second kappa shape index (κ2) is 9.77. The van der Waals surface area contributed by atoms with Gasteiger partial charge >= 0.3 is 0 Å². The lowest BCUT2D eigenvalue weighted by Gasteiger charge is -2.22. The molecule has 0 aliphatic carbocycles. The zero-order chi connectivity index (χ0) is 22.5. The maximum atomic E-state index is 13.1. The smallest absolute Gasteiger partial charge is 0.253 e. The highest BCUT2D eigenvalue weighted by molar-refractivity contribution is 5.97. The van der Waals surface area contributed by atoms with E-state index in [9.17, 15) is 9.59 Å². The number of carbonyl (C=O) groups excluding carboxylic acids is 2. The van der Waals surface area contributed by atoms with Gasteiger partial charge in [0.1, 0.15) is 5.75 Å². The summed E-state index contributed by atoms with van der Waals surface area (Å²) in [6.07, 6.45) is 1.08. The third-order valence-electron chi connectivity index (χ3n) is 5.79. The van der Waals surface area contributed by atoms with Gasteiger partial charge < -0.3 is 14.5 Å². The van der Waals surface area contributed by atoms with Crippen molar-refractivity contribution in [1.82, 2.24) is 19.8 Å². The number of aromatic nitrogens is 2. The van der Waals surface area contributed by atoms with Crippen LogP contribution in [0, 0.1) is 13.8 Å². The molecule has 1 aromatic heterocycles. The lowest BCUT2D eigenvalue weighted by atomic mass is 10.1. The summed E-state index contributed by atoms with van der Waals surface area (Å²) < 4.78 is 5.64. The fourth-order valence-electron chi connectivity index (χ4n) is 3.85. The Bertz CT molecular complexity index is 1120. The summed E-state index contributed by atoms with van der Waals surface area (Å²) in [5.74, 6) is 0.786. The Labute approximate surface area is 188 Å². The number of ether oxygens (including phenoxy) is 1. The van der Waals surface area contributed by atoms with Gasteiger partial charge in [-0.05, 0) is 50.6 Å². The Hall–Kier alpha value is -3.48. The molecule has 4 rings (SSSR count). The Morgan fingerprint density at radius 3 is 2.34 bits per heavy atom. The number of rotatable bonds is 5. The van der Waals surface area contributed by atoms with Crippen molar-refractivity contribution in [2.24, 2.45) is 0 Å². The molecule has 0 bridgehead atoms. The molecule has 0 saturated carbocycles. The number of hydrogen-bond donors (Lipinski definition) is 0. The van der Waals surface area contributed by atoms with Crippen LogP contribution in [-0.4, -0.2) is 64.4 Å². The molecule has 7 heteroatoms. The molecule has 1 fully saturated rings. The molecule has 0 radical (unpaired) electrons. The van der Waals surface area contributed by atoms with Crippen molar-refractivity contribution in [2.45, 2.75) is 26.7 Å². The van der Waals surface area contributed by atoms with Gasteiger partial charge in [-0.3, -0.25) is 9.59 Å². The Morgan fingerprint density at radius 1 is 0.875 bits per heavy atom. The molecule has 32 heavy (non-hydrogen) atoms. The van der Waals surface area contributed by atoms with E-state index in [-0.39, 0.29) is 11.8 Å². The van der Waals surface area contributed by atoms with Crippen molar-refractivity contribution in [1.29, 1.82) is 0 Å². The highest BCUT2D eigenvalue weighted by atomic mass is 16.5. The molecule has 166 valence electrons. The number of amides is 2. The largest absolute Gasteiger partial charge is 0.493 e. The SMILES string of the molecule is Cc1nc2ccc(C(=O)N3CCCN(C(=O)CCOc4ccccc4)CC3)cc2nc1C. The van der Waals surface area contributed by atoms with E-state index < -0.39 is 0 Å². The van der Waals surface area contributed by atoms with Crippen LogP contribution in [-0.2, 0) is 4.79 Å². The van der Waals surface area contributed by atoms with Crippen LogP contribution in [0.5, 0.6) is 5.75 Å². The van der Waals surface area contributed by atoms with Gasteiger partial charge in [-0.25, -0.2) is 9.97 Å². The molecule has 1 aliphatic heterocycles. The van der Waals surface area contributed by atoms with Gasteiger partial charge in [0.25, 0.3) is 5.91 Å². The second-order valence-corrected chi connectivity index (χ2v) is 8.04. The van der Waals surface area contributed by atoms with Gasteiger partial charge in [-0.15, -0.1) is 0 Å². The molecule has 1 saturated heterocycles. The van der Waals surface area contributed by atoms with Crippen LogP contribution in [0.2, 0.25) is 0 Å². The first-order valence-corrected chi connectivity index (χ1v) is 11.0. The number of benzene rings is 2. The maximum absolute atomic E-state index is 13.1. The maximum Gasteiger partial charge on any atom is 0.253 e. The van der Waals surface area contributed by atoms with Gasteiger partial charge in [0.15, 0.2) is 0 Å². The van der Waals surface area contributed by atoms with Crippen molar-refractivity contribution in [3.63, 3.8) is 0 Å². The summed E-state index contributed by atoms with van der Waals surface area (Å²) >= 11 is 0. The average Bonchev–Trinajstić information content (AvgIpc) is 3.06. The molecular weight excluding hydrogens is 404 g/mol. The number of nitrogens with zero attached hydrogens (tertiary/aromatic N) is 4. The van der Waals surface area contributed by atoms with E-state index in [1.807, 2.05) is 72.2 Å². The number of aryl methyl sites for hydroxylation is 2. The fourth-order valence-corrected chi connectivity index (χ4v) is 3.85. The lowest BCUT2D eigenvalue weighted by molar-refractivity contribution is -0.131. The van der Waals surface area contributed by atoms with E-state index in [0.717, 1.165) is 34.6 Å². The molecule has 2 amide bonds. The number of para-hydroxylation sites is 1. The standard InChI is InChI=1S/C25H28N4O3/c1-18-19(2)27-23-17-20(9-10-22(23)26-18)25(31)29-13-6-12-28(14-15-29)24(30)11-16-32-21-7-4-3-5-8-21/h3-5,7-10,17H,6,11-16H2,1-2H3. The van der Waals surface area contributed by atoms with Crippen LogP contribution in [0.4, 0.5) is 0 Å². The molecule has 3 aromatic rings. The van der Waals surface area contributed by atoms with Crippen molar-refractivity contribution < 1.29 is 14.3 Å². The van der Waals surface area contributed by atoms with E-state index in [2.05, 4.69) is 9.97 Å². The summed E-state index contributed by atoms with van der Waals surface area (Å²) in [4.78, 5) is 38.5. The number of fused-ring (bicyclic) bond motifs is 1. The van der Waals surface area contributed by atoms with Crippen LogP contribution in [0.25, 0.3) is 11.0 Å². The zero-order valence-corrected chi connectivity index (χ0v) is 18.6. The number of carbonyl (C=O) groups is 2. The van der Waals surface area contributed by atoms with Crippen LogP contribution >= 0.6 is 0 Å². The predicted molar refractivity (Wildman–Crippen MR) is 123 cm³/mol. The average molecular weight is 433 g/mol. The first-order valence-electron chi connectivity index (χ1n) is 11.0. The molecular formula is C25H28N4O3. The molecule has 0 spiro atoms. The van der Waals surface area contributed by atoms with E-state index in [1.54, 1.807) is 0 Å². The first kappa shape index (κ1) is 21.7. The molecule has 7 nitrogen and oxygen atoms in total. The van der Waals surface area contributed by atoms with Crippen LogP contribution in [0.3, 0.4) is 0 Å². The van der Waals surface area contributed by atoms with Gasteiger partial charge in [0.2, 0.25) is 5.91 Å².